The fourth-order valence-corrected chi connectivity index (χ4v) is 4.07. The van der Waals surface area contributed by atoms with Gasteiger partial charge in [-0.25, -0.2) is 0 Å². The van der Waals surface area contributed by atoms with Gasteiger partial charge in [0.1, 0.15) is 0 Å². The van der Waals surface area contributed by atoms with E-state index in [-0.39, 0.29) is 28.3 Å². The van der Waals surface area contributed by atoms with Crippen LogP contribution < -0.4 is 5.32 Å². The van der Waals surface area contributed by atoms with Gasteiger partial charge >= 0.3 is 6.18 Å². The minimum absolute atomic E-state index is 0.00632. The van der Waals surface area contributed by atoms with Gasteiger partial charge in [-0.2, -0.15) is 21.6 Å². The number of rotatable bonds is 3. The molecule has 0 aromatic heterocycles. The average Bonchev–Trinajstić information content (AvgIpc) is 2.90. The van der Waals surface area contributed by atoms with Crippen LogP contribution in [0.25, 0.3) is 11.1 Å². The van der Waals surface area contributed by atoms with Gasteiger partial charge < -0.3 is 5.32 Å². The number of amides is 1. The molecular formula is C23H17F3N2O4S. The number of aryl methyl sites for hydroxylation is 1. The number of anilines is 1. The summed E-state index contributed by atoms with van der Waals surface area (Å²) in [6.45, 7) is 1.34. The van der Waals surface area contributed by atoms with Gasteiger partial charge in [0.15, 0.2) is 0 Å². The monoisotopic (exact) mass is 474 g/mol. The van der Waals surface area contributed by atoms with Gasteiger partial charge in [-0.15, -0.1) is 0 Å². The third-order valence-electron chi connectivity index (χ3n) is 5.19. The van der Waals surface area contributed by atoms with Gasteiger partial charge in [0.25, 0.3) is 10.1 Å². The Morgan fingerprint density at radius 3 is 2.27 bits per heavy atom. The van der Waals surface area contributed by atoms with Crippen molar-refractivity contribution in [1.82, 2.24) is 0 Å². The van der Waals surface area contributed by atoms with E-state index in [4.69, 9.17) is 4.55 Å². The van der Waals surface area contributed by atoms with Crippen molar-refractivity contribution in [2.45, 2.75) is 24.4 Å². The molecule has 4 rings (SSSR count). The van der Waals surface area contributed by atoms with Gasteiger partial charge in [-0.1, -0.05) is 30.3 Å². The predicted octanol–water partition coefficient (Wildman–Crippen LogP) is 5.39. The fourth-order valence-electron chi connectivity index (χ4n) is 3.59. The van der Waals surface area contributed by atoms with Crippen LogP contribution >= 0.6 is 0 Å². The number of nitrogens with one attached hydrogen (secondary N) is 1. The van der Waals surface area contributed by atoms with Crippen molar-refractivity contribution in [3.63, 3.8) is 0 Å². The van der Waals surface area contributed by atoms with Gasteiger partial charge in [0.05, 0.1) is 34.0 Å². The Morgan fingerprint density at radius 2 is 1.64 bits per heavy atom. The van der Waals surface area contributed by atoms with Crippen molar-refractivity contribution in [3.8, 4) is 11.1 Å². The summed E-state index contributed by atoms with van der Waals surface area (Å²) in [5, 5.41) is 2.49. The molecule has 0 atom stereocenters. The second-order valence-corrected chi connectivity index (χ2v) is 8.97. The molecule has 0 saturated heterocycles. The highest BCUT2D eigenvalue weighted by molar-refractivity contribution is 7.85. The molecule has 0 fully saturated rings. The second-order valence-electron chi connectivity index (χ2n) is 7.55. The lowest BCUT2D eigenvalue weighted by Gasteiger charge is -2.13. The van der Waals surface area contributed by atoms with Crippen LogP contribution in [0, 0.1) is 6.92 Å². The van der Waals surface area contributed by atoms with Gasteiger partial charge in [0, 0.05) is 0 Å². The number of fused-ring (bicyclic) bond motifs is 1. The molecule has 0 aliphatic carbocycles. The first kappa shape index (κ1) is 22.7. The Kier molecular flexibility index (Phi) is 5.59. The summed E-state index contributed by atoms with van der Waals surface area (Å²) in [5.41, 5.74) is 1.70. The quantitative estimate of drug-likeness (QED) is 0.498. The summed E-state index contributed by atoms with van der Waals surface area (Å²) in [6.07, 6.45) is -4.69. The SMILES string of the molecule is Cc1cc2c(cc1C(F)(F)F)NC(=O)CC(c1cccc(-c3ccc(S(=O)(=O)O)cc3)c1)=N2. The smallest absolute Gasteiger partial charge is 0.324 e. The van der Waals surface area contributed by atoms with E-state index in [9.17, 15) is 26.4 Å². The number of benzene rings is 3. The molecule has 3 aromatic rings. The first-order chi connectivity index (χ1) is 15.4. The van der Waals surface area contributed by atoms with E-state index in [2.05, 4.69) is 10.3 Å². The normalized spacial score (nSPS) is 14.2. The first-order valence-electron chi connectivity index (χ1n) is 9.69. The van der Waals surface area contributed by atoms with Crippen LogP contribution in [0.3, 0.4) is 0 Å². The van der Waals surface area contributed by atoms with E-state index in [1.54, 1.807) is 24.3 Å². The molecule has 170 valence electrons. The molecule has 0 radical (unpaired) electrons. The van der Waals surface area contributed by atoms with Crippen molar-refractivity contribution < 1.29 is 30.9 Å². The molecule has 0 spiro atoms. The van der Waals surface area contributed by atoms with Gasteiger partial charge in [0.2, 0.25) is 5.91 Å². The molecule has 1 amide bonds. The van der Waals surface area contributed by atoms with Crippen LogP contribution in [0.2, 0.25) is 0 Å². The molecule has 0 bridgehead atoms. The van der Waals surface area contributed by atoms with Crippen LogP contribution in [0.5, 0.6) is 0 Å². The average molecular weight is 474 g/mol. The van der Waals surface area contributed by atoms with Crippen LogP contribution in [0.4, 0.5) is 24.5 Å². The maximum absolute atomic E-state index is 13.3. The van der Waals surface area contributed by atoms with Crippen LogP contribution in [-0.2, 0) is 21.1 Å². The van der Waals surface area contributed by atoms with Crippen molar-refractivity contribution in [3.05, 3.63) is 77.4 Å². The van der Waals surface area contributed by atoms with Crippen LogP contribution in [0.1, 0.15) is 23.1 Å². The Morgan fingerprint density at radius 1 is 0.970 bits per heavy atom. The molecule has 0 saturated carbocycles. The zero-order valence-electron chi connectivity index (χ0n) is 17.1. The predicted molar refractivity (Wildman–Crippen MR) is 117 cm³/mol. The van der Waals surface area contributed by atoms with Crippen LogP contribution in [0.15, 0.2) is 70.6 Å². The van der Waals surface area contributed by atoms with Gasteiger partial charge in [-0.05, 0) is 59.5 Å². The van der Waals surface area contributed by atoms with Crippen molar-refractivity contribution in [2.75, 3.05) is 5.32 Å². The minimum Gasteiger partial charge on any atom is -0.324 e. The molecule has 1 heterocycles. The largest absolute Gasteiger partial charge is 0.416 e. The molecular weight excluding hydrogens is 457 g/mol. The van der Waals surface area contributed by atoms with Gasteiger partial charge in [-0.3, -0.25) is 14.3 Å². The minimum atomic E-state index is -4.55. The molecule has 0 unspecified atom stereocenters. The molecule has 1 aliphatic rings. The molecule has 33 heavy (non-hydrogen) atoms. The van der Waals surface area contributed by atoms with Crippen molar-refractivity contribution in [1.29, 1.82) is 0 Å². The first-order valence-corrected chi connectivity index (χ1v) is 11.1. The number of carbonyl (C=O) groups excluding carboxylic acids is 1. The second kappa shape index (κ2) is 8.13. The number of aliphatic imine (C=N–C) groups is 1. The molecule has 2 N–H and O–H groups in total. The molecule has 10 heteroatoms. The third-order valence-corrected chi connectivity index (χ3v) is 6.05. The highest BCUT2D eigenvalue weighted by Crippen LogP contribution is 2.39. The topological polar surface area (TPSA) is 95.8 Å². The number of alkyl halides is 3. The maximum atomic E-state index is 13.3. The number of hydrogen-bond donors (Lipinski definition) is 2. The zero-order chi connectivity index (χ0) is 24.0. The Bertz CT molecular complexity index is 1400. The molecule has 3 aromatic carbocycles. The van der Waals surface area contributed by atoms with E-state index in [0.717, 1.165) is 6.07 Å². The van der Waals surface area contributed by atoms with E-state index >= 15 is 0 Å². The number of halogens is 3. The Labute approximate surface area is 187 Å². The number of carbonyl (C=O) groups is 1. The number of nitrogens with zero attached hydrogens (tertiary/aromatic N) is 1. The number of hydrogen-bond acceptors (Lipinski definition) is 4. The van der Waals surface area contributed by atoms with E-state index in [1.165, 1.54) is 37.3 Å². The van der Waals surface area contributed by atoms with Crippen molar-refractivity contribution >= 4 is 33.1 Å². The summed E-state index contributed by atoms with van der Waals surface area (Å²) < 4.78 is 71.4. The fraction of sp³-hybridized carbons (Fsp3) is 0.130. The third kappa shape index (κ3) is 4.81. The highest BCUT2D eigenvalue weighted by Gasteiger charge is 2.34. The van der Waals surface area contributed by atoms with Crippen molar-refractivity contribution in [2.24, 2.45) is 4.99 Å². The van der Waals surface area contributed by atoms with Crippen LogP contribution in [-0.4, -0.2) is 24.6 Å². The maximum Gasteiger partial charge on any atom is 0.416 e. The Hall–Kier alpha value is -3.50. The lowest BCUT2D eigenvalue weighted by molar-refractivity contribution is -0.138. The zero-order valence-corrected chi connectivity index (χ0v) is 18.0. The molecule has 1 aliphatic heterocycles. The lowest BCUT2D eigenvalue weighted by atomic mass is 9.99. The van der Waals surface area contributed by atoms with E-state index in [1.807, 2.05) is 0 Å². The van der Waals surface area contributed by atoms with E-state index in [0.29, 0.717) is 22.4 Å². The summed E-state index contributed by atoms with van der Waals surface area (Å²) in [7, 11) is -4.32. The van der Waals surface area contributed by atoms with E-state index < -0.39 is 27.8 Å². The standard InChI is InChI=1S/C23H17F3N2O4S/c1-13-9-20-21(11-18(13)23(24,25)26)28-22(29)12-19(27-20)16-4-2-3-15(10-16)14-5-7-17(8-6-14)33(30,31)32/h2-11H,12H2,1H3,(H,28,29)(H,30,31,32). The lowest BCUT2D eigenvalue weighted by Crippen LogP contribution is -2.15. The summed E-state index contributed by atoms with van der Waals surface area (Å²) in [6, 6.07) is 14.8. The Balaban J connectivity index is 1.75. The summed E-state index contributed by atoms with van der Waals surface area (Å²) in [5.74, 6) is -0.493. The highest BCUT2D eigenvalue weighted by atomic mass is 32.2. The molecule has 6 nitrogen and oxygen atoms in total. The summed E-state index contributed by atoms with van der Waals surface area (Å²) in [4.78, 5) is 16.6. The summed E-state index contributed by atoms with van der Waals surface area (Å²) >= 11 is 0.